The molecule has 0 aromatic heterocycles. The lowest BCUT2D eigenvalue weighted by atomic mass is 9.91. The van der Waals surface area contributed by atoms with Crippen LogP contribution in [0.1, 0.15) is 31.7 Å². The lowest BCUT2D eigenvalue weighted by Crippen LogP contribution is -2.28. The monoisotopic (exact) mass is 242 g/mol. The summed E-state index contributed by atoms with van der Waals surface area (Å²) in [7, 11) is 0. The van der Waals surface area contributed by atoms with Crippen LogP contribution in [0, 0.1) is 11.7 Å². The topological polar surface area (TPSA) is 20.2 Å². The van der Waals surface area contributed by atoms with Crippen molar-refractivity contribution >= 4 is 11.6 Å². The standard InChI is InChI=1S/C13H16ClFO/c1-13(16,7-9-2-3-9)8-10-4-5-11(14)6-12(10)15/h4-6,9,16H,2-3,7-8H2,1H3. The maximum absolute atomic E-state index is 13.5. The van der Waals surface area contributed by atoms with Crippen molar-refractivity contribution in [2.24, 2.45) is 5.92 Å². The van der Waals surface area contributed by atoms with Crippen molar-refractivity contribution in [1.82, 2.24) is 0 Å². The van der Waals surface area contributed by atoms with E-state index < -0.39 is 5.60 Å². The van der Waals surface area contributed by atoms with Gasteiger partial charge in [0.15, 0.2) is 0 Å². The summed E-state index contributed by atoms with van der Waals surface area (Å²) in [5.74, 6) is 0.300. The molecule has 0 aliphatic heterocycles. The molecule has 16 heavy (non-hydrogen) atoms. The van der Waals surface area contributed by atoms with E-state index in [4.69, 9.17) is 11.6 Å². The minimum Gasteiger partial charge on any atom is -0.390 e. The second kappa shape index (κ2) is 4.34. The Morgan fingerprint density at radius 1 is 1.50 bits per heavy atom. The van der Waals surface area contributed by atoms with Crippen LogP contribution in [0.5, 0.6) is 0 Å². The molecule has 0 bridgehead atoms. The van der Waals surface area contributed by atoms with Gasteiger partial charge in [0.25, 0.3) is 0 Å². The van der Waals surface area contributed by atoms with Crippen LogP contribution in [0.4, 0.5) is 4.39 Å². The first-order valence-electron chi connectivity index (χ1n) is 5.63. The Labute approximate surface area is 100 Å². The molecule has 1 aromatic rings. The Morgan fingerprint density at radius 2 is 2.19 bits per heavy atom. The van der Waals surface area contributed by atoms with Gasteiger partial charge in [-0.05, 0) is 37.0 Å². The SMILES string of the molecule is CC(O)(Cc1ccc(Cl)cc1F)CC1CC1. The van der Waals surface area contributed by atoms with Crippen LogP contribution in [-0.4, -0.2) is 10.7 Å². The maximum atomic E-state index is 13.5. The van der Waals surface area contributed by atoms with Crippen molar-refractivity contribution < 1.29 is 9.50 Å². The molecule has 0 saturated heterocycles. The van der Waals surface area contributed by atoms with Crippen molar-refractivity contribution in [1.29, 1.82) is 0 Å². The van der Waals surface area contributed by atoms with E-state index in [1.807, 2.05) is 0 Å². The van der Waals surface area contributed by atoms with Gasteiger partial charge < -0.3 is 5.11 Å². The number of aliphatic hydroxyl groups is 1. The van der Waals surface area contributed by atoms with E-state index in [2.05, 4.69) is 0 Å². The van der Waals surface area contributed by atoms with Crippen LogP contribution in [0.15, 0.2) is 18.2 Å². The van der Waals surface area contributed by atoms with E-state index in [1.165, 1.54) is 18.9 Å². The van der Waals surface area contributed by atoms with Gasteiger partial charge >= 0.3 is 0 Å². The van der Waals surface area contributed by atoms with Crippen molar-refractivity contribution in [3.63, 3.8) is 0 Å². The number of benzene rings is 1. The van der Waals surface area contributed by atoms with Gasteiger partial charge in [0.05, 0.1) is 5.60 Å². The summed E-state index contributed by atoms with van der Waals surface area (Å²) in [4.78, 5) is 0. The fraction of sp³-hybridized carbons (Fsp3) is 0.538. The third kappa shape index (κ3) is 3.19. The van der Waals surface area contributed by atoms with Gasteiger partial charge in [-0.15, -0.1) is 0 Å². The molecule has 3 heteroatoms. The third-order valence-corrected chi connectivity index (χ3v) is 3.25. The Morgan fingerprint density at radius 3 is 2.75 bits per heavy atom. The molecule has 1 aliphatic rings. The van der Waals surface area contributed by atoms with Crippen molar-refractivity contribution in [2.45, 2.75) is 38.2 Å². The summed E-state index contributed by atoms with van der Waals surface area (Å²) in [5, 5.41) is 10.6. The lowest BCUT2D eigenvalue weighted by Gasteiger charge is -2.23. The zero-order valence-corrected chi connectivity index (χ0v) is 10.1. The zero-order valence-electron chi connectivity index (χ0n) is 9.34. The van der Waals surface area contributed by atoms with Crippen molar-refractivity contribution in [3.05, 3.63) is 34.6 Å². The van der Waals surface area contributed by atoms with Crippen LogP contribution in [0.2, 0.25) is 5.02 Å². The number of halogens is 2. The van der Waals surface area contributed by atoms with Crippen LogP contribution in [0.25, 0.3) is 0 Å². The van der Waals surface area contributed by atoms with E-state index in [9.17, 15) is 9.50 Å². The molecular formula is C13H16ClFO. The van der Waals surface area contributed by atoms with Gasteiger partial charge in [0, 0.05) is 11.4 Å². The predicted molar refractivity (Wildman–Crippen MR) is 63.1 cm³/mol. The summed E-state index contributed by atoms with van der Waals surface area (Å²) in [5.41, 5.74) is -0.273. The van der Waals surface area contributed by atoms with E-state index in [1.54, 1.807) is 19.1 Å². The first-order chi connectivity index (χ1) is 7.46. The summed E-state index contributed by atoms with van der Waals surface area (Å²) in [6, 6.07) is 4.61. The highest BCUT2D eigenvalue weighted by Gasteiger charge is 2.32. The normalized spacial score (nSPS) is 19.5. The first-order valence-corrected chi connectivity index (χ1v) is 6.00. The highest BCUT2D eigenvalue weighted by atomic mass is 35.5. The summed E-state index contributed by atoms with van der Waals surface area (Å²) in [6.45, 7) is 1.78. The molecule has 1 fully saturated rings. The molecule has 1 unspecified atom stereocenters. The zero-order chi connectivity index (χ0) is 11.8. The second-order valence-electron chi connectivity index (χ2n) is 5.06. The quantitative estimate of drug-likeness (QED) is 0.856. The highest BCUT2D eigenvalue weighted by molar-refractivity contribution is 6.30. The fourth-order valence-corrected chi connectivity index (χ4v) is 2.25. The molecule has 2 rings (SSSR count). The molecule has 1 nitrogen and oxygen atoms in total. The van der Waals surface area contributed by atoms with Crippen LogP contribution in [0.3, 0.4) is 0 Å². The number of hydrogen-bond donors (Lipinski definition) is 1. The van der Waals surface area contributed by atoms with Gasteiger partial charge in [-0.2, -0.15) is 0 Å². The molecule has 1 aromatic carbocycles. The van der Waals surface area contributed by atoms with Gasteiger partial charge in [0.1, 0.15) is 5.82 Å². The van der Waals surface area contributed by atoms with Crippen molar-refractivity contribution in [3.8, 4) is 0 Å². The Kier molecular flexibility index (Phi) is 3.22. The molecule has 1 aliphatic carbocycles. The maximum Gasteiger partial charge on any atom is 0.127 e. The molecule has 0 radical (unpaired) electrons. The molecule has 0 spiro atoms. The van der Waals surface area contributed by atoms with E-state index >= 15 is 0 Å². The second-order valence-corrected chi connectivity index (χ2v) is 5.49. The first kappa shape index (κ1) is 11.9. The fourth-order valence-electron chi connectivity index (χ4n) is 2.09. The van der Waals surface area contributed by atoms with E-state index in [0.29, 0.717) is 22.9 Å². The Balaban J connectivity index is 2.06. The Bertz CT molecular complexity index is 386. The van der Waals surface area contributed by atoms with E-state index in [-0.39, 0.29) is 5.82 Å². The number of rotatable bonds is 4. The molecular weight excluding hydrogens is 227 g/mol. The smallest absolute Gasteiger partial charge is 0.127 e. The van der Waals surface area contributed by atoms with E-state index in [0.717, 1.165) is 6.42 Å². The lowest BCUT2D eigenvalue weighted by molar-refractivity contribution is 0.0447. The third-order valence-electron chi connectivity index (χ3n) is 3.01. The van der Waals surface area contributed by atoms with Gasteiger partial charge in [-0.1, -0.05) is 30.5 Å². The van der Waals surface area contributed by atoms with Gasteiger partial charge in [-0.3, -0.25) is 0 Å². The molecule has 88 valence electrons. The van der Waals surface area contributed by atoms with Crippen LogP contribution >= 0.6 is 11.6 Å². The largest absolute Gasteiger partial charge is 0.390 e. The average Bonchev–Trinajstić information content (AvgIpc) is 2.93. The molecule has 1 saturated carbocycles. The van der Waals surface area contributed by atoms with Gasteiger partial charge in [-0.25, -0.2) is 4.39 Å². The van der Waals surface area contributed by atoms with Crippen LogP contribution < -0.4 is 0 Å². The summed E-state index contributed by atoms with van der Waals surface area (Å²) < 4.78 is 13.5. The summed E-state index contributed by atoms with van der Waals surface area (Å²) >= 11 is 5.68. The summed E-state index contributed by atoms with van der Waals surface area (Å²) in [6.07, 6.45) is 3.50. The molecule has 1 atom stereocenters. The minimum absolute atomic E-state index is 0.330. The minimum atomic E-state index is -0.810. The van der Waals surface area contributed by atoms with Crippen LogP contribution in [-0.2, 0) is 6.42 Å². The van der Waals surface area contributed by atoms with Crippen molar-refractivity contribution in [2.75, 3.05) is 0 Å². The molecule has 0 heterocycles. The Hall–Kier alpha value is -0.600. The highest BCUT2D eigenvalue weighted by Crippen LogP contribution is 2.38. The predicted octanol–water partition coefficient (Wildman–Crippen LogP) is 3.57. The number of hydrogen-bond acceptors (Lipinski definition) is 1. The van der Waals surface area contributed by atoms with Gasteiger partial charge in [0.2, 0.25) is 0 Å². The molecule has 0 amide bonds. The molecule has 1 N–H and O–H groups in total. The average molecular weight is 243 g/mol.